The van der Waals surface area contributed by atoms with Gasteiger partial charge in [-0.1, -0.05) is 12.5 Å². The first kappa shape index (κ1) is 16.4. The molecule has 0 radical (unpaired) electrons. The minimum Gasteiger partial charge on any atom is -0.222 e. The van der Waals surface area contributed by atoms with E-state index >= 15 is 0 Å². The minimum atomic E-state index is -4.94. The molecule has 1 aliphatic carbocycles. The van der Waals surface area contributed by atoms with Gasteiger partial charge in [-0.3, -0.25) is 0 Å². The van der Waals surface area contributed by atoms with Crippen LogP contribution in [-0.2, 0) is 12.8 Å². The van der Waals surface area contributed by atoms with Gasteiger partial charge in [0.05, 0.1) is 12.0 Å². The first-order valence-electron chi connectivity index (χ1n) is 6.54. The first-order valence-corrected chi connectivity index (χ1v) is 8.65. The topological polar surface area (TPSA) is 104 Å². The van der Waals surface area contributed by atoms with Gasteiger partial charge < -0.3 is 0 Å². The van der Waals surface area contributed by atoms with Crippen molar-refractivity contribution in [3.8, 4) is 10.6 Å². The summed E-state index contributed by atoms with van der Waals surface area (Å²) in [6, 6.07) is 8.56. The molecule has 2 aromatic heterocycles. The molecule has 0 aliphatic heterocycles. The van der Waals surface area contributed by atoms with Crippen LogP contribution >= 0.6 is 11.3 Å². The molecule has 114 valence electrons. The Balaban J connectivity index is 0.000000282. The molecule has 0 saturated carbocycles. The summed E-state index contributed by atoms with van der Waals surface area (Å²) in [7, 11) is -4.94. The lowest BCUT2D eigenvalue weighted by Crippen LogP contribution is -2.68. The Morgan fingerprint density at radius 2 is 1.67 bits per heavy atom. The average molecular weight is 331 g/mol. The zero-order valence-corrected chi connectivity index (χ0v) is 12.8. The van der Waals surface area contributed by atoms with Crippen molar-refractivity contribution in [1.29, 1.82) is 0 Å². The molecule has 3 rings (SSSR count). The van der Waals surface area contributed by atoms with Crippen LogP contribution < -0.4 is 18.6 Å². The lowest BCUT2D eigenvalue weighted by atomic mass is 10.1. The van der Waals surface area contributed by atoms with Crippen molar-refractivity contribution in [2.75, 3.05) is 0 Å². The number of rotatable bonds is 1. The van der Waals surface area contributed by atoms with Crippen LogP contribution in [0.1, 0.15) is 30.6 Å². The van der Waals surface area contributed by atoms with Crippen molar-refractivity contribution in [3.63, 3.8) is 0 Å². The van der Waals surface area contributed by atoms with Gasteiger partial charge in [0.2, 0.25) is 0 Å². The highest BCUT2D eigenvalue weighted by atomic mass is 35.7. The maximum atomic E-state index is 8.49. The van der Waals surface area contributed by atoms with Crippen LogP contribution in [0.5, 0.6) is 0 Å². The van der Waals surface area contributed by atoms with Gasteiger partial charge in [0.1, 0.15) is 4.88 Å². The second-order valence-electron chi connectivity index (χ2n) is 4.66. The quantitative estimate of drug-likeness (QED) is 0.532. The van der Waals surface area contributed by atoms with E-state index in [0.717, 1.165) is 12.2 Å². The summed E-state index contributed by atoms with van der Waals surface area (Å²) in [6.45, 7) is 0. The van der Waals surface area contributed by atoms with E-state index in [9.17, 15) is 0 Å². The van der Waals surface area contributed by atoms with Crippen molar-refractivity contribution >= 4 is 11.3 Å². The molecule has 0 N–H and O–H groups in total. The number of hydrogen-bond donors (Lipinski definition) is 0. The number of thiophene rings is 1. The Morgan fingerprint density at radius 1 is 0.952 bits per heavy atom. The third kappa shape index (κ3) is 5.70. The molecule has 2 heterocycles. The molecule has 21 heavy (non-hydrogen) atoms. The Kier molecular flexibility index (Phi) is 5.69. The highest BCUT2D eigenvalue weighted by Gasteiger charge is 2.22. The molecule has 0 fully saturated rings. The van der Waals surface area contributed by atoms with Gasteiger partial charge in [0.15, 0.2) is 0 Å². The second-order valence-corrected chi connectivity index (χ2v) is 6.37. The maximum Gasteiger partial charge on any atom is 0.370 e. The first-order chi connectivity index (χ1) is 9.93. The van der Waals surface area contributed by atoms with Gasteiger partial charge in [-0.15, -0.1) is 21.6 Å². The molecule has 0 saturated heterocycles. The lowest BCUT2D eigenvalue weighted by Gasteiger charge is -2.17. The van der Waals surface area contributed by atoms with E-state index in [4.69, 9.17) is 23.1 Å². The Morgan fingerprint density at radius 3 is 2.33 bits per heavy atom. The van der Waals surface area contributed by atoms with Crippen molar-refractivity contribution < 1.29 is 33.3 Å². The Bertz CT molecular complexity index is 559. The molecule has 5 nitrogen and oxygen atoms in total. The molecule has 1 aliphatic rings. The highest BCUT2D eigenvalue weighted by molar-refractivity contribution is 7.13. The summed E-state index contributed by atoms with van der Waals surface area (Å²) in [6.07, 6.45) is 6.20. The smallest absolute Gasteiger partial charge is 0.222 e. The predicted molar refractivity (Wildman–Crippen MR) is 67.7 cm³/mol. The van der Waals surface area contributed by atoms with Crippen LogP contribution in [-0.4, -0.2) is 0 Å². The third-order valence-corrected chi connectivity index (χ3v) is 4.03. The van der Waals surface area contributed by atoms with Gasteiger partial charge in [-0.2, -0.15) is 0 Å². The molecule has 2 aromatic rings. The molecule has 0 spiro atoms. The zero-order valence-electron chi connectivity index (χ0n) is 11.2. The number of hydrogen-bond acceptors (Lipinski definition) is 5. The fourth-order valence-electron chi connectivity index (χ4n) is 2.26. The number of halogens is 1. The fourth-order valence-corrected chi connectivity index (χ4v) is 2.95. The molecule has 0 bridgehead atoms. The average Bonchev–Trinajstić information content (AvgIpc) is 2.82. The maximum absolute atomic E-state index is 8.49. The molecule has 0 amide bonds. The minimum absolute atomic E-state index is 1.02. The Hall–Kier alpha value is -1.02. The van der Waals surface area contributed by atoms with Crippen LogP contribution in [0, 0.1) is 10.2 Å². The van der Waals surface area contributed by atoms with Crippen molar-refractivity contribution in [2.24, 2.45) is 0 Å². The summed E-state index contributed by atoms with van der Waals surface area (Å²) >= 11 is 1.74. The lowest BCUT2D eigenvalue weighted by molar-refractivity contribution is -2.00. The van der Waals surface area contributed by atoms with Crippen molar-refractivity contribution in [3.05, 3.63) is 41.0 Å². The van der Waals surface area contributed by atoms with E-state index in [1.54, 1.807) is 11.3 Å². The molecule has 0 aromatic carbocycles. The van der Waals surface area contributed by atoms with Gasteiger partial charge in [0, 0.05) is 6.07 Å². The van der Waals surface area contributed by atoms with Crippen LogP contribution in [0.15, 0.2) is 34.1 Å². The van der Waals surface area contributed by atoms with E-state index in [1.807, 2.05) is 0 Å². The third-order valence-electron chi connectivity index (χ3n) is 3.14. The second kappa shape index (κ2) is 7.31. The fraction of sp³-hybridized carbons (Fsp3) is 0.357. The number of fused-ring (bicyclic) bond motifs is 1. The molecule has 0 atom stereocenters. The van der Waals surface area contributed by atoms with Gasteiger partial charge in [-0.05, 0) is 36.8 Å². The summed E-state index contributed by atoms with van der Waals surface area (Å²) in [5.41, 5.74) is 1.41. The summed E-state index contributed by atoms with van der Waals surface area (Å²) < 4.78 is 40.0. The SMILES string of the molecule is [O-][Cl+3]([O-])([O-])[O-].c1csc(-c2ccc3c([o+]2)CCCCC3)c1. The van der Waals surface area contributed by atoms with E-state index in [-0.39, 0.29) is 0 Å². The van der Waals surface area contributed by atoms with Gasteiger partial charge in [0.25, 0.3) is 0 Å². The van der Waals surface area contributed by atoms with E-state index in [2.05, 4.69) is 29.6 Å². The molecule has 0 unspecified atom stereocenters. The molecular weight excluding hydrogens is 316 g/mol. The predicted octanol–water partition coefficient (Wildman–Crippen LogP) is -0.198. The normalized spacial score (nSPS) is 14.7. The zero-order chi connectivity index (χ0) is 15.3. The van der Waals surface area contributed by atoms with Crippen LogP contribution in [0.25, 0.3) is 10.6 Å². The standard InChI is InChI=1S/C14H15OS.ClHO4/c1-2-5-11-8-9-13(14-7-4-10-16-14)15-12(11)6-3-1;2-1(3,4)5/h4,7-10H,1-3,5-6H2;(H,2,3,4,5)/q+1;/p-1. The summed E-state index contributed by atoms with van der Waals surface area (Å²) in [5, 5.41) is 2.09. The Labute approximate surface area is 128 Å². The number of aryl methyl sites for hydroxylation is 2. The van der Waals surface area contributed by atoms with Crippen LogP contribution in [0.2, 0.25) is 0 Å². The summed E-state index contributed by atoms with van der Waals surface area (Å²) in [4.78, 5) is 1.23. The van der Waals surface area contributed by atoms with Crippen LogP contribution in [0.3, 0.4) is 0 Å². The van der Waals surface area contributed by atoms with E-state index in [1.165, 1.54) is 41.9 Å². The van der Waals surface area contributed by atoms with Gasteiger partial charge in [-0.25, -0.2) is 23.1 Å². The van der Waals surface area contributed by atoms with Crippen molar-refractivity contribution in [1.82, 2.24) is 0 Å². The van der Waals surface area contributed by atoms with E-state index < -0.39 is 10.2 Å². The highest BCUT2D eigenvalue weighted by Crippen LogP contribution is 2.29. The van der Waals surface area contributed by atoms with Crippen LogP contribution in [0.4, 0.5) is 0 Å². The van der Waals surface area contributed by atoms with Crippen molar-refractivity contribution in [2.45, 2.75) is 32.1 Å². The monoisotopic (exact) mass is 330 g/mol. The van der Waals surface area contributed by atoms with Gasteiger partial charge >= 0.3 is 11.5 Å². The summed E-state index contributed by atoms with van der Waals surface area (Å²) in [5.74, 6) is 2.24. The molecule has 7 heteroatoms. The largest absolute Gasteiger partial charge is 0.370 e. The van der Waals surface area contributed by atoms with E-state index in [0.29, 0.717) is 0 Å². The molecular formula is C14H15ClO5S.